The minimum atomic E-state index is -0.487. The van der Waals surface area contributed by atoms with Gasteiger partial charge in [-0.3, -0.25) is 19.9 Å². The summed E-state index contributed by atoms with van der Waals surface area (Å²) in [5.74, 6) is 1.20. The molecule has 3 atom stereocenters. The van der Waals surface area contributed by atoms with Crippen molar-refractivity contribution in [2.75, 3.05) is 39.3 Å². The highest BCUT2D eigenvalue weighted by atomic mass is 35.5. The molecule has 0 saturated carbocycles. The molecule has 9 nitrogen and oxygen atoms in total. The van der Waals surface area contributed by atoms with Crippen molar-refractivity contribution in [1.82, 2.24) is 20.0 Å². The Bertz CT molecular complexity index is 1110. The molecule has 10 heteroatoms. The summed E-state index contributed by atoms with van der Waals surface area (Å²) in [4.78, 5) is 34.1. The Hall–Kier alpha value is -3.01. The van der Waals surface area contributed by atoms with Crippen LogP contribution in [0.15, 0.2) is 42.5 Å². The SMILES string of the molecule is COc1ccc(N2CCCN3C4C(=O)N(Cc5cccc(Cl)c5)C(=O)N(C)C4NC23)c(OC)c1. The topological polar surface area (TPSA) is 77.6 Å². The summed E-state index contributed by atoms with van der Waals surface area (Å²) < 4.78 is 11.0. The van der Waals surface area contributed by atoms with E-state index in [0.29, 0.717) is 16.5 Å². The maximum absolute atomic E-state index is 13.7. The highest BCUT2D eigenvalue weighted by molar-refractivity contribution is 6.30. The maximum Gasteiger partial charge on any atom is 0.328 e. The number of anilines is 1. The van der Waals surface area contributed by atoms with Crippen LogP contribution < -0.4 is 19.7 Å². The molecular weight excluding hydrogens is 458 g/mol. The van der Waals surface area contributed by atoms with Crippen molar-refractivity contribution in [3.05, 3.63) is 53.1 Å². The number of urea groups is 1. The molecular formula is C24H28ClN5O4. The molecule has 3 fully saturated rings. The van der Waals surface area contributed by atoms with E-state index in [9.17, 15) is 9.59 Å². The van der Waals surface area contributed by atoms with Crippen molar-refractivity contribution in [2.45, 2.75) is 31.5 Å². The Labute approximate surface area is 203 Å². The van der Waals surface area contributed by atoms with Crippen molar-refractivity contribution in [3.8, 4) is 11.5 Å². The zero-order valence-electron chi connectivity index (χ0n) is 19.4. The van der Waals surface area contributed by atoms with E-state index in [-0.39, 0.29) is 24.8 Å². The van der Waals surface area contributed by atoms with Crippen molar-refractivity contribution in [2.24, 2.45) is 0 Å². The van der Waals surface area contributed by atoms with Crippen molar-refractivity contribution in [3.63, 3.8) is 0 Å². The molecule has 2 aromatic rings. The molecule has 0 bridgehead atoms. The molecule has 0 radical (unpaired) electrons. The van der Waals surface area contributed by atoms with Gasteiger partial charge in [0.15, 0.2) is 0 Å². The van der Waals surface area contributed by atoms with Gasteiger partial charge in [0.25, 0.3) is 5.91 Å². The first-order valence-corrected chi connectivity index (χ1v) is 11.6. The summed E-state index contributed by atoms with van der Waals surface area (Å²) in [6, 6.07) is 12.1. The van der Waals surface area contributed by atoms with Gasteiger partial charge in [0.1, 0.15) is 30.0 Å². The third kappa shape index (κ3) is 3.73. The number of methoxy groups -OCH3 is 2. The number of nitrogens with one attached hydrogen (secondary N) is 1. The van der Waals surface area contributed by atoms with Crippen molar-refractivity contribution < 1.29 is 19.1 Å². The molecule has 3 aliphatic heterocycles. The van der Waals surface area contributed by atoms with Crippen LogP contribution in [0, 0.1) is 0 Å². The predicted octanol–water partition coefficient (Wildman–Crippen LogP) is 2.55. The highest BCUT2D eigenvalue weighted by Gasteiger charge is 2.56. The van der Waals surface area contributed by atoms with Crippen molar-refractivity contribution >= 4 is 29.2 Å². The largest absolute Gasteiger partial charge is 0.497 e. The van der Waals surface area contributed by atoms with Gasteiger partial charge in [-0.05, 0) is 36.2 Å². The van der Waals surface area contributed by atoms with Gasteiger partial charge >= 0.3 is 6.03 Å². The average Bonchev–Trinajstić information content (AvgIpc) is 3.25. The van der Waals surface area contributed by atoms with Gasteiger partial charge in [-0.15, -0.1) is 0 Å². The molecule has 3 amide bonds. The predicted molar refractivity (Wildman–Crippen MR) is 128 cm³/mol. The van der Waals surface area contributed by atoms with Gasteiger partial charge in [-0.2, -0.15) is 0 Å². The highest BCUT2D eigenvalue weighted by Crippen LogP contribution is 2.38. The fourth-order valence-corrected chi connectivity index (χ4v) is 5.36. The summed E-state index contributed by atoms with van der Waals surface area (Å²) >= 11 is 6.12. The number of benzene rings is 2. The van der Waals surface area contributed by atoms with Gasteiger partial charge in [0, 0.05) is 31.2 Å². The summed E-state index contributed by atoms with van der Waals surface area (Å²) in [6.07, 6.45) is 0.192. The number of imide groups is 1. The molecule has 0 spiro atoms. The number of hydrogen-bond acceptors (Lipinski definition) is 7. The van der Waals surface area contributed by atoms with Gasteiger partial charge in [0.05, 0.1) is 26.5 Å². The number of nitrogens with zero attached hydrogens (tertiary/aromatic N) is 4. The van der Waals surface area contributed by atoms with Gasteiger partial charge < -0.3 is 19.3 Å². The van der Waals surface area contributed by atoms with E-state index in [1.54, 1.807) is 38.3 Å². The molecule has 3 saturated heterocycles. The number of likely N-dealkylation sites (N-methyl/N-ethyl adjacent to an activating group) is 1. The lowest BCUT2D eigenvalue weighted by Gasteiger charge is -2.44. The van der Waals surface area contributed by atoms with E-state index in [0.717, 1.165) is 30.8 Å². The zero-order chi connectivity index (χ0) is 24.0. The monoisotopic (exact) mass is 485 g/mol. The van der Waals surface area contributed by atoms with Crippen LogP contribution in [0.3, 0.4) is 0 Å². The second-order valence-electron chi connectivity index (χ2n) is 8.70. The fourth-order valence-electron chi connectivity index (χ4n) is 5.15. The van der Waals surface area contributed by atoms with Gasteiger partial charge in [-0.1, -0.05) is 23.7 Å². The van der Waals surface area contributed by atoms with Crippen LogP contribution >= 0.6 is 11.6 Å². The fraction of sp³-hybridized carbons (Fsp3) is 0.417. The van der Waals surface area contributed by atoms with E-state index >= 15 is 0 Å². The minimum Gasteiger partial charge on any atom is -0.497 e. The van der Waals surface area contributed by atoms with E-state index in [2.05, 4.69) is 15.1 Å². The molecule has 3 aliphatic rings. The van der Waals surface area contributed by atoms with Crippen LogP contribution in [-0.4, -0.2) is 79.5 Å². The van der Waals surface area contributed by atoms with Crippen LogP contribution in [0.1, 0.15) is 12.0 Å². The number of halogens is 1. The third-order valence-electron chi connectivity index (χ3n) is 6.80. The number of carbonyl (C=O) groups excluding carboxylic acids is 2. The number of amides is 3. The Morgan fingerprint density at radius 1 is 1.09 bits per heavy atom. The van der Waals surface area contributed by atoms with Crippen LogP contribution in [0.25, 0.3) is 0 Å². The molecule has 3 heterocycles. The second-order valence-corrected chi connectivity index (χ2v) is 9.14. The van der Waals surface area contributed by atoms with E-state index < -0.39 is 12.2 Å². The smallest absolute Gasteiger partial charge is 0.328 e. The number of rotatable bonds is 5. The molecule has 0 aliphatic carbocycles. The molecule has 5 rings (SSSR count). The lowest BCUT2D eigenvalue weighted by atomic mass is 10.1. The number of fused-ring (bicyclic) bond motifs is 3. The lowest BCUT2D eigenvalue weighted by molar-refractivity contribution is -0.139. The first kappa shape index (κ1) is 22.8. The third-order valence-corrected chi connectivity index (χ3v) is 7.03. The molecule has 2 aromatic carbocycles. The van der Waals surface area contributed by atoms with Crippen LogP contribution in [-0.2, 0) is 11.3 Å². The van der Waals surface area contributed by atoms with Gasteiger partial charge in [0.2, 0.25) is 0 Å². The Kier molecular flexibility index (Phi) is 6.01. The van der Waals surface area contributed by atoms with Crippen LogP contribution in [0.4, 0.5) is 10.5 Å². The van der Waals surface area contributed by atoms with Gasteiger partial charge in [-0.25, -0.2) is 4.79 Å². The summed E-state index contributed by atoms with van der Waals surface area (Å²) in [5, 5.41) is 4.10. The standard InChI is InChI=1S/C24H28ClN5O4/c1-27-21-20(22(31)30(24(27)32)14-15-6-4-7-16(25)12-15)29-11-5-10-28(23(29)26-21)18-9-8-17(33-2)13-19(18)34-3/h4,6-9,12-13,20-21,23,26H,5,10-11,14H2,1-3H3. The first-order valence-electron chi connectivity index (χ1n) is 11.3. The number of carbonyl (C=O) groups is 2. The Morgan fingerprint density at radius 2 is 1.91 bits per heavy atom. The molecule has 34 heavy (non-hydrogen) atoms. The average molecular weight is 486 g/mol. The van der Waals surface area contributed by atoms with E-state index in [4.69, 9.17) is 21.1 Å². The minimum absolute atomic E-state index is 0.181. The van der Waals surface area contributed by atoms with Crippen LogP contribution in [0.2, 0.25) is 5.02 Å². The quantitative estimate of drug-likeness (QED) is 0.697. The normalized spacial score (nSPS) is 24.8. The van der Waals surface area contributed by atoms with Crippen molar-refractivity contribution in [1.29, 1.82) is 0 Å². The van der Waals surface area contributed by atoms with E-state index in [1.807, 2.05) is 30.3 Å². The second kappa shape index (κ2) is 8.98. The number of hydrogen-bond donors (Lipinski definition) is 1. The lowest BCUT2D eigenvalue weighted by Crippen LogP contribution is -2.66. The summed E-state index contributed by atoms with van der Waals surface area (Å²) in [7, 11) is 4.99. The first-order chi connectivity index (χ1) is 16.4. The van der Waals surface area contributed by atoms with Crippen LogP contribution in [0.5, 0.6) is 11.5 Å². The molecule has 180 valence electrons. The Balaban J connectivity index is 1.44. The zero-order valence-corrected chi connectivity index (χ0v) is 20.2. The van der Waals surface area contributed by atoms with E-state index in [1.165, 1.54) is 4.90 Å². The number of ether oxygens (including phenoxy) is 2. The molecule has 3 unspecified atom stereocenters. The Morgan fingerprint density at radius 3 is 2.65 bits per heavy atom. The molecule has 1 N–H and O–H groups in total. The maximum atomic E-state index is 13.7. The molecule has 0 aromatic heterocycles. The summed E-state index contributed by atoms with van der Waals surface area (Å²) in [6.45, 7) is 1.71. The summed E-state index contributed by atoms with van der Waals surface area (Å²) in [5.41, 5.74) is 1.72.